The fraction of sp³-hybridized carbons (Fsp3) is 1.00. The van der Waals surface area contributed by atoms with Crippen LogP contribution >= 0.6 is 0 Å². The van der Waals surface area contributed by atoms with Crippen molar-refractivity contribution in [1.82, 2.24) is 0 Å². The molecular weight excluding hydrogens is 354 g/mol. The highest BCUT2D eigenvalue weighted by Gasteiger charge is 2.12. The van der Waals surface area contributed by atoms with Gasteiger partial charge in [-0.25, -0.2) is 0 Å². The first-order chi connectivity index (χ1) is 12.6. The van der Waals surface area contributed by atoms with Gasteiger partial charge in [-0.3, -0.25) is 0 Å². The van der Waals surface area contributed by atoms with Crippen molar-refractivity contribution in [3.63, 3.8) is 0 Å². The number of hydrogen-bond donors (Lipinski definition) is 1. The second-order valence-corrected chi connectivity index (χ2v) is 9.12. The Balaban J connectivity index is 0. The maximum atomic E-state index is 9.04. The van der Waals surface area contributed by atoms with E-state index < -0.39 is 0 Å². The van der Waals surface area contributed by atoms with Crippen LogP contribution in [0.15, 0.2) is 0 Å². The van der Waals surface area contributed by atoms with Gasteiger partial charge in [0.25, 0.3) is 0 Å². The molecule has 0 rings (SSSR count). The summed E-state index contributed by atoms with van der Waals surface area (Å²) in [5.41, 5.74) is 0. The summed E-state index contributed by atoms with van der Waals surface area (Å²) in [5.74, 6) is 0. The van der Waals surface area contributed by atoms with Crippen molar-refractivity contribution in [2.24, 2.45) is 0 Å². The summed E-state index contributed by atoms with van der Waals surface area (Å²) in [6.45, 7) is 4.70. The average Bonchev–Trinajstić information content (AvgIpc) is 2.60. The van der Waals surface area contributed by atoms with Crippen LogP contribution in [-0.2, 0) is 0 Å². The van der Waals surface area contributed by atoms with E-state index in [0.717, 1.165) is 11.0 Å². The van der Waals surface area contributed by atoms with Crippen LogP contribution in [0.25, 0.3) is 0 Å². The molecule has 3 heteroatoms. The standard InChI is InChI=1S/C24H52NO.ClH/c1-4-5-6-7-8-9-10-11-12-13-14-15-16-17-18-19-20-21-22-25(2,3)23-24-26;/h26H,4-24H2,1-3H3;1H/q+1;/p-1. The van der Waals surface area contributed by atoms with Crippen LogP contribution in [0.5, 0.6) is 0 Å². The van der Waals surface area contributed by atoms with E-state index in [1.54, 1.807) is 0 Å². The van der Waals surface area contributed by atoms with Crippen molar-refractivity contribution in [1.29, 1.82) is 0 Å². The van der Waals surface area contributed by atoms with Gasteiger partial charge in [-0.1, -0.05) is 110 Å². The molecule has 0 heterocycles. The van der Waals surface area contributed by atoms with Crippen molar-refractivity contribution in [2.45, 2.75) is 122 Å². The predicted octanol–water partition coefficient (Wildman–Crippen LogP) is 4.10. The van der Waals surface area contributed by atoms with Gasteiger partial charge in [0.05, 0.1) is 27.2 Å². The van der Waals surface area contributed by atoms with Gasteiger partial charge in [-0.05, 0) is 12.8 Å². The highest BCUT2D eigenvalue weighted by molar-refractivity contribution is 4.50. The van der Waals surface area contributed by atoms with Crippen LogP contribution in [0.4, 0.5) is 0 Å². The van der Waals surface area contributed by atoms with E-state index in [4.69, 9.17) is 5.11 Å². The first-order valence-electron chi connectivity index (χ1n) is 12.1. The Morgan fingerprint density at radius 1 is 0.481 bits per heavy atom. The average molecular weight is 406 g/mol. The largest absolute Gasteiger partial charge is 1.00 e. The van der Waals surface area contributed by atoms with Crippen molar-refractivity contribution < 1.29 is 22.0 Å². The number of unbranched alkanes of at least 4 members (excludes halogenated alkanes) is 17. The van der Waals surface area contributed by atoms with Crippen molar-refractivity contribution in [3.8, 4) is 0 Å². The molecule has 0 aliphatic heterocycles. The fourth-order valence-corrected chi connectivity index (χ4v) is 3.82. The van der Waals surface area contributed by atoms with E-state index in [1.807, 2.05) is 0 Å². The van der Waals surface area contributed by atoms with Gasteiger partial charge in [0.15, 0.2) is 0 Å². The lowest BCUT2D eigenvalue weighted by Crippen LogP contribution is -3.00. The zero-order valence-corrected chi connectivity index (χ0v) is 19.9. The molecule has 166 valence electrons. The molecule has 0 bridgehead atoms. The van der Waals surface area contributed by atoms with E-state index in [1.165, 1.54) is 122 Å². The topological polar surface area (TPSA) is 20.2 Å². The summed E-state index contributed by atoms with van der Waals surface area (Å²) in [5, 5.41) is 9.04. The van der Waals surface area contributed by atoms with E-state index in [-0.39, 0.29) is 12.4 Å². The molecule has 0 saturated heterocycles. The maximum absolute atomic E-state index is 9.04. The molecule has 0 aliphatic carbocycles. The second-order valence-electron chi connectivity index (χ2n) is 9.12. The molecular formula is C24H52ClNO. The minimum Gasteiger partial charge on any atom is -1.00 e. The summed E-state index contributed by atoms with van der Waals surface area (Å²) in [6.07, 6.45) is 25.8. The molecule has 0 amide bonds. The Kier molecular flexibility index (Phi) is 24.5. The molecule has 0 aliphatic rings. The Hall–Kier alpha value is 0.210. The summed E-state index contributed by atoms with van der Waals surface area (Å²) in [6, 6.07) is 0. The number of likely N-dealkylation sites (N-methyl/N-ethyl adjacent to an activating group) is 1. The summed E-state index contributed by atoms with van der Waals surface area (Å²) >= 11 is 0. The van der Waals surface area contributed by atoms with Crippen LogP contribution in [-0.4, -0.2) is 43.4 Å². The Morgan fingerprint density at radius 2 is 0.778 bits per heavy atom. The number of nitrogens with zero attached hydrogens (tertiary/aromatic N) is 1. The third-order valence-corrected chi connectivity index (χ3v) is 5.82. The molecule has 0 radical (unpaired) electrons. The molecule has 0 aromatic carbocycles. The molecule has 1 N–H and O–H groups in total. The maximum Gasteiger partial charge on any atom is 0.102 e. The van der Waals surface area contributed by atoms with Gasteiger partial charge < -0.3 is 22.0 Å². The van der Waals surface area contributed by atoms with Crippen LogP contribution in [0.2, 0.25) is 0 Å². The Bertz CT molecular complexity index is 271. The van der Waals surface area contributed by atoms with Crippen molar-refractivity contribution >= 4 is 0 Å². The molecule has 0 aromatic rings. The zero-order valence-electron chi connectivity index (χ0n) is 19.1. The van der Waals surface area contributed by atoms with Gasteiger partial charge in [-0.15, -0.1) is 0 Å². The monoisotopic (exact) mass is 405 g/mol. The molecule has 0 atom stereocenters. The van der Waals surface area contributed by atoms with Gasteiger partial charge in [0.1, 0.15) is 6.54 Å². The van der Waals surface area contributed by atoms with Crippen molar-refractivity contribution in [2.75, 3.05) is 33.8 Å². The number of halogens is 1. The quantitative estimate of drug-likeness (QED) is 0.225. The summed E-state index contributed by atoms with van der Waals surface area (Å²) in [7, 11) is 4.45. The van der Waals surface area contributed by atoms with Crippen LogP contribution in [0.3, 0.4) is 0 Å². The molecule has 2 nitrogen and oxygen atoms in total. The van der Waals surface area contributed by atoms with Gasteiger partial charge in [-0.2, -0.15) is 0 Å². The highest BCUT2D eigenvalue weighted by Crippen LogP contribution is 2.14. The molecule has 0 saturated carbocycles. The van der Waals surface area contributed by atoms with Crippen LogP contribution in [0, 0.1) is 0 Å². The number of hydrogen-bond acceptors (Lipinski definition) is 1. The summed E-state index contributed by atoms with van der Waals surface area (Å²) in [4.78, 5) is 0. The molecule has 27 heavy (non-hydrogen) atoms. The van der Waals surface area contributed by atoms with Crippen molar-refractivity contribution in [3.05, 3.63) is 0 Å². The van der Waals surface area contributed by atoms with Crippen LogP contribution in [0.1, 0.15) is 122 Å². The van der Waals surface area contributed by atoms with Gasteiger partial charge in [0, 0.05) is 0 Å². The van der Waals surface area contributed by atoms with Gasteiger partial charge >= 0.3 is 0 Å². The number of rotatable bonds is 21. The highest BCUT2D eigenvalue weighted by atomic mass is 35.5. The minimum absolute atomic E-state index is 0. The molecule has 0 spiro atoms. The second kappa shape index (κ2) is 22.5. The van der Waals surface area contributed by atoms with E-state index in [2.05, 4.69) is 21.0 Å². The van der Waals surface area contributed by atoms with E-state index >= 15 is 0 Å². The minimum atomic E-state index is 0. The zero-order chi connectivity index (χ0) is 19.3. The third kappa shape index (κ3) is 24.2. The molecule has 0 fully saturated rings. The predicted molar refractivity (Wildman–Crippen MR) is 118 cm³/mol. The van der Waals surface area contributed by atoms with Gasteiger partial charge in [0.2, 0.25) is 0 Å². The fourth-order valence-electron chi connectivity index (χ4n) is 3.82. The Labute approximate surface area is 178 Å². The SMILES string of the molecule is CCCCCCCCCCCCCCCCCCCC[N+](C)(C)CCO.[Cl-]. The smallest absolute Gasteiger partial charge is 0.102 e. The number of aliphatic hydroxyl groups excluding tert-OH is 1. The first-order valence-corrected chi connectivity index (χ1v) is 12.1. The number of aliphatic hydroxyl groups is 1. The Morgan fingerprint density at radius 3 is 1.07 bits per heavy atom. The molecule has 0 aromatic heterocycles. The lowest BCUT2D eigenvalue weighted by atomic mass is 10.0. The lowest BCUT2D eigenvalue weighted by molar-refractivity contribution is -0.890. The lowest BCUT2D eigenvalue weighted by Gasteiger charge is -2.28. The third-order valence-electron chi connectivity index (χ3n) is 5.82. The normalized spacial score (nSPS) is 11.6. The molecule has 0 unspecified atom stereocenters. The van der Waals surface area contributed by atoms with E-state index in [0.29, 0.717) is 6.61 Å². The van der Waals surface area contributed by atoms with Crippen LogP contribution < -0.4 is 12.4 Å². The first kappa shape index (κ1) is 29.4. The van der Waals surface area contributed by atoms with E-state index in [9.17, 15) is 0 Å². The summed E-state index contributed by atoms with van der Waals surface area (Å²) < 4.78 is 0.968. The number of quaternary nitrogens is 1.